The number of hydrogen-bond donors (Lipinski definition) is 1. The van der Waals surface area contributed by atoms with Gasteiger partial charge in [-0.1, -0.05) is 23.2 Å². The summed E-state index contributed by atoms with van der Waals surface area (Å²) in [4.78, 5) is 10.2. The van der Waals surface area contributed by atoms with Crippen LogP contribution in [0.3, 0.4) is 0 Å². The molecule has 0 saturated heterocycles. The fourth-order valence-electron chi connectivity index (χ4n) is 1.98. The summed E-state index contributed by atoms with van der Waals surface area (Å²) in [5.41, 5.74) is 2.13. The Hall–Kier alpha value is -1.65. The molecule has 3 rings (SSSR count). The highest BCUT2D eigenvalue weighted by molar-refractivity contribution is 7.19. The van der Waals surface area contributed by atoms with Crippen molar-refractivity contribution in [2.45, 2.75) is 6.92 Å². The molecule has 0 unspecified atom stereocenters. The molecule has 0 radical (unpaired) electrons. The smallest absolute Gasteiger partial charge is 0.172 e. The maximum atomic E-state index is 5.97. The van der Waals surface area contributed by atoms with E-state index in [9.17, 15) is 0 Å². The van der Waals surface area contributed by atoms with Gasteiger partial charge in [-0.25, -0.2) is 9.97 Å². The number of anilines is 1. The van der Waals surface area contributed by atoms with E-state index < -0.39 is 0 Å². The van der Waals surface area contributed by atoms with Crippen LogP contribution in [-0.4, -0.2) is 17.0 Å². The molecule has 96 valence electrons. The second-order valence-corrected chi connectivity index (χ2v) is 5.99. The number of benzene rings is 1. The van der Waals surface area contributed by atoms with E-state index in [1.165, 1.54) is 16.9 Å². The summed E-state index contributed by atoms with van der Waals surface area (Å²) in [5, 5.41) is 4.17. The molecule has 0 amide bonds. The first kappa shape index (κ1) is 12.4. The number of aryl methyl sites for hydroxylation is 1. The van der Waals surface area contributed by atoms with E-state index in [1.54, 1.807) is 0 Å². The van der Waals surface area contributed by atoms with E-state index in [1.807, 2.05) is 25.2 Å². The van der Waals surface area contributed by atoms with Gasteiger partial charge >= 0.3 is 0 Å². The number of nitrogens with zero attached hydrogens (tertiary/aromatic N) is 2. The lowest BCUT2D eigenvalue weighted by molar-refractivity contribution is 1.22. The summed E-state index contributed by atoms with van der Waals surface area (Å²) < 4.78 is 0.744. The number of nitrogens with one attached hydrogen (secondary N) is 1. The van der Waals surface area contributed by atoms with Gasteiger partial charge in [0.1, 0.15) is 5.82 Å². The Morgan fingerprint density at radius 2 is 2.00 bits per heavy atom. The fourth-order valence-corrected chi connectivity index (χ4v) is 2.95. The van der Waals surface area contributed by atoms with Crippen molar-refractivity contribution in [3.05, 3.63) is 40.2 Å². The normalized spacial score (nSPS) is 10.9. The molecule has 0 aliphatic heterocycles. The van der Waals surface area contributed by atoms with Gasteiger partial charge in [0, 0.05) is 12.4 Å². The lowest BCUT2D eigenvalue weighted by atomic mass is 10.1. The minimum absolute atomic E-state index is 0.706. The Morgan fingerprint density at radius 1 is 1.16 bits per heavy atom. The van der Waals surface area contributed by atoms with Crippen molar-refractivity contribution < 1.29 is 0 Å². The lowest BCUT2D eigenvalue weighted by Gasteiger charge is -2.07. The van der Waals surface area contributed by atoms with Crippen LogP contribution in [0, 0.1) is 6.92 Å². The molecule has 0 aliphatic rings. The minimum Gasteiger partial charge on any atom is -0.373 e. The topological polar surface area (TPSA) is 37.8 Å². The third-order valence-electron chi connectivity index (χ3n) is 2.88. The Balaban J connectivity index is 2.25. The van der Waals surface area contributed by atoms with E-state index >= 15 is 0 Å². The van der Waals surface area contributed by atoms with Crippen LogP contribution in [0.2, 0.25) is 4.34 Å². The van der Waals surface area contributed by atoms with Gasteiger partial charge in [0.05, 0.1) is 14.7 Å². The number of aromatic nitrogens is 2. The zero-order chi connectivity index (χ0) is 13.4. The maximum Gasteiger partial charge on any atom is 0.172 e. The molecule has 0 fully saturated rings. The van der Waals surface area contributed by atoms with E-state index in [0.29, 0.717) is 5.82 Å². The number of thiophene rings is 1. The summed E-state index contributed by atoms with van der Waals surface area (Å²) in [5.74, 6) is 1.55. The maximum absolute atomic E-state index is 5.97. The van der Waals surface area contributed by atoms with Crippen molar-refractivity contribution >= 4 is 39.7 Å². The standard InChI is InChI=1S/C14H12ClN3S/c1-8-3-4-10-9(7-8)13(16-2)18-14(17-10)11-5-6-12(15)19-11/h3-7H,1-2H3,(H,16,17,18). The zero-order valence-corrected chi connectivity index (χ0v) is 12.1. The van der Waals surface area contributed by atoms with Crippen molar-refractivity contribution in [3.63, 3.8) is 0 Å². The molecular weight excluding hydrogens is 278 g/mol. The van der Waals surface area contributed by atoms with Crippen LogP contribution in [-0.2, 0) is 0 Å². The third kappa shape index (κ3) is 2.29. The lowest BCUT2D eigenvalue weighted by Crippen LogP contribution is -1.98. The van der Waals surface area contributed by atoms with Crippen molar-refractivity contribution in [1.29, 1.82) is 0 Å². The van der Waals surface area contributed by atoms with Crippen LogP contribution in [0.25, 0.3) is 21.6 Å². The quantitative estimate of drug-likeness (QED) is 0.761. The van der Waals surface area contributed by atoms with Gasteiger partial charge in [-0.2, -0.15) is 0 Å². The number of rotatable bonds is 2. The molecule has 2 heterocycles. The Morgan fingerprint density at radius 3 is 2.68 bits per heavy atom. The molecule has 0 spiro atoms. The minimum atomic E-state index is 0.706. The van der Waals surface area contributed by atoms with Crippen molar-refractivity contribution in [3.8, 4) is 10.7 Å². The average molecular weight is 290 g/mol. The van der Waals surface area contributed by atoms with Crippen LogP contribution in [0.5, 0.6) is 0 Å². The Labute approximate surface area is 120 Å². The summed E-state index contributed by atoms with van der Waals surface area (Å²) in [7, 11) is 1.87. The van der Waals surface area contributed by atoms with Crippen molar-refractivity contribution in [1.82, 2.24) is 9.97 Å². The van der Waals surface area contributed by atoms with Crippen molar-refractivity contribution in [2.24, 2.45) is 0 Å². The number of halogens is 1. The number of hydrogen-bond acceptors (Lipinski definition) is 4. The molecule has 1 N–H and O–H groups in total. The Kier molecular flexibility index (Phi) is 3.12. The SMILES string of the molecule is CNc1nc(-c2ccc(Cl)s2)nc2ccc(C)cc12. The molecule has 3 nitrogen and oxygen atoms in total. The molecule has 5 heteroatoms. The molecule has 0 atom stereocenters. The van der Waals surface area contributed by atoms with Gasteiger partial charge in [-0.05, 0) is 31.2 Å². The second kappa shape index (κ2) is 4.79. The van der Waals surface area contributed by atoms with Gasteiger partial charge < -0.3 is 5.32 Å². The Bertz CT molecular complexity index is 752. The predicted molar refractivity (Wildman–Crippen MR) is 82.1 cm³/mol. The van der Waals surface area contributed by atoms with E-state index in [0.717, 1.165) is 25.9 Å². The molecule has 2 aromatic heterocycles. The van der Waals surface area contributed by atoms with Gasteiger partial charge in [-0.15, -0.1) is 11.3 Å². The highest BCUT2D eigenvalue weighted by atomic mass is 35.5. The second-order valence-electron chi connectivity index (χ2n) is 4.27. The summed E-state index contributed by atoms with van der Waals surface area (Å²) in [6.07, 6.45) is 0. The summed E-state index contributed by atoms with van der Waals surface area (Å²) in [6, 6.07) is 9.98. The summed E-state index contributed by atoms with van der Waals surface area (Å²) in [6.45, 7) is 2.06. The molecule has 19 heavy (non-hydrogen) atoms. The molecule has 3 aromatic rings. The van der Waals surface area contributed by atoms with Crippen LogP contribution < -0.4 is 5.32 Å². The molecular formula is C14H12ClN3S. The molecule has 1 aromatic carbocycles. The van der Waals surface area contributed by atoms with Crippen LogP contribution in [0.4, 0.5) is 5.82 Å². The van der Waals surface area contributed by atoms with Crippen LogP contribution in [0.15, 0.2) is 30.3 Å². The molecule has 0 saturated carbocycles. The van der Waals surface area contributed by atoms with Gasteiger partial charge in [0.15, 0.2) is 5.82 Å². The first-order valence-electron chi connectivity index (χ1n) is 5.89. The fraction of sp³-hybridized carbons (Fsp3) is 0.143. The molecule has 0 bridgehead atoms. The van der Waals surface area contributed by atoms with E-state index in [4.69, 9.17) is 11.6 Å². The van der Waals surface area contributed by atoms with Gasteiger partial charge in [-0.3, -0.25) is 0 Å². The number of fused-ring (bicyclic) bond motifs is 1. The first-order valence-corrected chi connectivity index (χ1v) is 7.08. The van der Waals surface area contributed by atoms with E-state index in [2.05, 4.69) is 34.3 Å². The average Bonchev–Trinajstić information content (AvgIpc) is 2.84. The zero-order valence-electron chi connectivity index (χ0n) is 10.6. The first-order chi connectivity index (χ1) is 9.17. The largest absolute Gasteiger partial charge is 0.373 e. The van der Waals surface area contributed by atoms with Gasteiger partial charge in [0.2, 0.25) is 0 Å². The van der Waals surface area contributed by atoms with Crippen molar-refractivity contribution in [2.75, 3.05) is 12.4 Å². The van der Waals surface area contributed by atoms with Crippen LogP contribution >= 0.6 is 22.9 Å². The highest BCUT2D eigenvalue weighted by Crippen LogP contribution is 2.31. The van der Waals surface area contributed by atoms with E-state index in [-0.39, 0.29) is 0 Å². The third-order valence-corrected chi connectivity index (χ3v) is 4.11. The van der Waals surface area contributed by atoms with Gasteiger partial charge in [0.25, 0.3) is 0 Å². The predicted octanol–water partition coefficient (Wildman–Crippen LogP) is 4.36. The summed E-state index contributed by atoms with van der Waals surface area (Å²) >= 11 is 7.45. The molecule has 0 aliphatic carbocycles. The van der Waals surface area contributed by atoms with Crippen LogP contribution in [0.1, 0.15) is 5.56 Å². The monoisotopic (exact) mass is 289 g/mol. The highest BCUT2D eigenvalue weighted by Gasteiger charge is 2.10.